The molecular weight excluding hydrogens is 261 g/mol. The van der Waals surface area contributed by atoms with Crippen molar-refractivity contribution in [3.8, 4) is 0 Å². The molecule has 1 aliphatic rings. The van der Waals surface area contributed by atoms with Crippen LogP contribution in [-0.2, 0) is 4.74 Å². The average Bonchev–Trinajstić information content (AvgIpc) is 2.10. The van der Waals surface area contributed by atoms with Gasteiger partial charge in [0.25, 0.3) is 3.91 Å². The minimum Gasteiger partial charge on any atom is -0.386 e. The molecule has 1 aliphatic heterocycles. The van der Waals surface area contributed by atoms with Crippen LogP contribution in [0.2, 0.25) is 0 Å². The van der Waals surface area contributed by atoms with Gasteiger partial charge in [0, 0.05) is 22.6 Å². The topological polar surface area (TPSA) is 58.6 Å². The molecule has 2 atom stereocenters. The van der Waals surface area contributed by atoms with Crippen LogP contribution in [0.15, 0.2) is 0 Å². The zero-order valence-corrected chi connectivity index (χ0v) is 8.29. The average molecular weight is 271 g/mol. The maximum Gasteiger partial charge on any atom is 0.281 e. The lowest BCUT2D eigenvalue weighted by Gasteiger charge is -2.22. The smallest absolute Gasteiger partial charge is 0.281 e. The summed E-state index contributed by atoms with van der Waals surface area (Å²) in [5.74, 6) is 0. The van der Waals surface area contributed by atoms with Gasteiger partial charge < -0.3 is 15.2 Å². The van der Waals surface area contributed by atoms with Crippen molar-refractivity contribution >= 4 is 26.5 Å². The Hall–Kier alpha value is 0.120. The van der Waals surface area contributed by atoms with Gasteiger partial charge in [0.1, 0.15) is 5.60 Å². The molecule has 0 aromatic carbocycles. The molecule has 11 heavy (non-hydrogen) atoms. The molecule has 0 aromatic heterocycles. The van der Waals surface area contributed by atoms with Crippen molar-refractivity contribution in [2.24, 2.45) is 0 Å². The zero-order valence-electron chi connectivity index (χ0n) is 6.13. The number of halogens is 1. The van der Waals surface area contributed by atoms with Crippen LogP contribution in [0.4, 0.5) is 4.79 Å². The lowest BCUT2D eigenvalue weighted by Crippen LogP contribution is -2.48. The molecule has 0 spiro atoms. The number of rotatable bonds is 1. The quantitative estimate of drug-likeness (QED) is 0.409. The molecule has 0 unspecified atom stereocenters. The van der Waals surface area contributed by atoms with Gasteiger partial charge in [-0.2, -0.15) is 0 Å². The second kappa shape index (κ2) is 3.24. The van der Waals surface area contributed by atoms with Crippen LogP contribution in [0, 0.1) is 0 Å². The molecule has 64 valence electrons. The van der Waals surface area contributed by atoms with Crippen LogP contribution >= 0.6 is 22.6 Å². The SMILES string of the molecule is C[C@]1(O)COC[C@@H]1NC(=O)I. The number of aliphatic hydroxyl groups is 1. The van der Waals surface area contributed by atoms with Gasteiger partial charge in [-0.15, -0.1) is 0 Å². The van der Waals surface area contributed by atoms with Crippen LogP contribution in [0.1, 0.15) is 6.92 Å². The third kappa shape index (κ3) is 2.28. The standard InChI is InChI=1S/C6H10INO3/c1-6(10)3-11-2-4(6)8-5(7)9/h4,10H,2-3H2,1H3,(H,8,9)/t4-,6-/m0/s1. The molecule has 0 bridgehead atoms. The van der Waals surface area contributed by atoms with E-state index in [2.05, 4.69) is 5.32 Å². The molecule has 2 N–H and O–H groups in total. The van der Waals surface area contributed by atoms with E-state index in [-0.39, 0.29) is 16.6 Å². The monoisotopic (exact) mass is 271 g/mol. The first-order valence-corrected chi connectivity index (χ1v) is 4.36. The van der Waals surface area contributed by atoms with Crippen molar-refractivity contribution < 1.29 is 14.6 Å². The molecule has 0 radical (unpaired) electrons. The summed E-state index contributed by atoms with van der Waals surface area (Å²) in [6, 6.07) is -0.271. The predicted octanol–water partition coefficient (Wildman–Crippen LogP) is 0.281. The Morgan fingerprint density at radius 2 is 2.55 bits per heavy atom. The van der Waals surface area contributed by atoms with E-state index in [1.165, 1.54) is 0 Å². The van der Waals surface area contributed by atoms with Crippen molar-refractivity contribution in [1.82, 2.24) is 5.32 Å². The van der Waals surface area contributed by atoms with Gasteiger partial charge in [-0.25, -0.2) is 0 Å². The Bertz CT molecular complexity index is 171. The van der Waals surface area contributed by atoms with E-state index in [9.17, 15) is 9.90 Å². The fourth-order valence-electron chi connectivity index (χ4n) is 0.998. The molecule has 5 heteroatoms. The van der Waals surface area contributed by atoms with Gasteiger partial charge in [0.15, 0.2) is 0 Å². The van der Waals surface area contributed by atoms with Crippen molar-refractivity contribution in [2.45, 2.75) is 18.6 Å². The van der Waals surface area contributed by atoms with E-state index in [1.54, 1.807) is 29.5 Å². The van der Waals surface area contributed by atoms with Gasteiger partial charge >= 0.3 is 0 Å². The Balaban J connectivity index is 2.51. The summed E-state index contributed by atoms with van der Waals surface area (Å²) >= 11 is 1.63. The molecule has 1 amide bonds. The fourth-order valence-corrected chi connectivity index (χ4v) is 1.37. The summed E-state index contributed by atoms with van der Waals surface area (Å²) in [6.45, 7) is 2.33. The molecule has 0 saturated carbocycles. The highest BCUT2D eigenvalue weighted by molar-refractivity contribution is 14.1. The van der Waals surface area contributed by atoms with Gasteiger partial charge in [-0.05, 0) is 6.92 Å². The first-order chi connectivity index (χ1) is 5.02. The van der Waals surface area contributed by atoms with Crippen molar-refractivity contribution in [3.63, 3.8) is 0 Å². The minimum atomic E-state index is -0.916. The molecule has 1 rings (SSSR count). The van der Waals surface area contributed by atoms with E-state index in [0.29, 0.717) is 6.61 Å². The molecule has 1 fully saturated rings. The van der Waals surface area contributed by atoms with Crippen LogP contribution in [0.5, 0.6) is 0 Å². The normalized spacial score (nSPS) is 37.2. The summed E-state index contributed by atoms with van der Waals surface area (Å²) in [4.78, 5) is 10.6. The lowest BCUT2D eigenvalue weighted by atomic mass is 10.0. The molecule has 0 aliphatic carbocycles. The number of nitrogens with one attached hydrogen (secondary N) is 1. The largest absolute Gasteiger partial charge is 0.386 e. The number of hydrogen-bond acceptors (Lipinski definition) is 3. The van der Waals surface area contributed by atoms with Crippen LogP contribution in [0.3, 0.4) is 0 Å². The number of ether oxygens (including phenoxy) is 1. The fraction of sp³-hybridized carbons (Fsp3) is 0.833. The second-order valence-electron chi connectivity index (χ2n) is 2.84. The van der Waals surface area contributed by atoms with Crippen molar-refractivity contribution in [1.29, 1.82) is 0 Å². The lowest BCUT2D eigenvalue weighted by molar-refractivity contribution is 0.0321. The molecular formula is C6H10INO3. The third-order valence-corrected chi connectivity index (χ3v) is 2.03. The Labute approximate surface area is 78.4 Å². The van der Waals surface area contributed by atoms with E-state index < -0.39 is 5.60 Å². The highest BCUT2D eigenvalue weighted by atomic mass is 127. The van der Waals surface area contributed by atoms with E-state index in [4.69, 9.17) is 4.74 Å². The Morgan fingerprint density at radius 1 is 1.91 bits per heavy atom. The van der Waals surface area contributed by atoms with Gasteiger partial charge in [0.2, 0.25) is 0 Å². The number of amides is 1. The van der Waals surface area contributed by atoms with Crippen LogP contribution in [0.25, 0.3) is 0 Å². The molecule has 1 saturated heterocycles. The Morgan fingerprint density at radius 3 is 2.91 bits per heavy atom. The van der Waals surface area contributed by atoms with Crippen LogP contribution < -0.4 is 5.32 Å². The molecule has 4 nitrogen and oxygen atoms in total. The van der Waals surface area contributed by atoms with Crippen LogP contribution in [-0.4, -0.2) is 33.9 Å². The third-order valence-electron chi connectivity index (χ3n) is 1.72. The first kappa shape index (κ1) is 9.21. The van der Waals surface area contributed by atoms with E-state index in [1.807, 2.05) is 0 Å². The predicted molar refractivity (Wildman–Crippen MR) is 47.8 cm³/mol. The molecule has 1 heterocycles. The first-order valence-electron chi connectivity index (χ1n) is 3.28. The highest BCUT2D eigenvalue weighted by Gasteiger charge is 2.38. The van der Waals surface area contributed by atoms with Crippen molar-refractivity contribution in [2.75, 3.05) is 13.2 Å². The van der Waals surface area contributed by atoms with E-state index >= 15 is 0 Å². The maximum atomic E-state index is 10.6. The number of carbonyl (C=O) groups is 1. The highest BCUT2D eigenvalue weighted by Crippen LogP contribution is 2.18. The van der Waals surface area contributed by atoms with Gasteiger partial charge in [-0.1, -0.05) is 0 Å². The zero-order chi connectivity index (χ0) is 8.48. The minimum absolute atomic E-state index is 0.168. The van der Waals surface area contributed by atoms with E-state index in [0.717, 1.165) is 0 Å². The van der Waals surface area contributed by atoms with Gasteiger partial charge in [0.05, 0.1) is 19.3 Å². The number of hydrogen-bond donors (Lipinski definition) is 2. The Kier molecular flexibility index (Phi) is 2.71. The number of carbonyl (C=O) groups excluding carboxylic acids is 1. The van der Waals surface area contributed by atoms with Gasteiger partial charge in [-0.3, -0.25) is 4.79 Å². The summed E-state index contributed by atoms with van der Waals surface area (Å²) in [6.07, 6.45) is 0. The second-order valence-corrected chi connectivity index (χ2v) is 3.82. The summed E-state index contributed by atoms with van der Waals surface area (Å²) in [5, 5.41) is 12.2. The summed E-state index contributed by atoms with van der Waals surface area (Å²) in [7, 11) is 0. The summed E-state index contributed by atoms with van der Waals surface area (Å²) < 4.78 is 4.84. The maximum absolute atomic E-state index is 10.6. The molecule has 0 aromatic rings. The summed E-state index contributed by atoms with van der Waals surface area (Å²) in [5.41, 5.74) is -0.916. The van der Waals surface area contributed by atoms with Crippen molar-refractivity contribution in [3.05, 3.63) is 0 Å².